The van der Waals surface area contributed by atoms with Gasteiger partial charge in [0.2, 0.25) is 0 Å². The molecular weight excluding hydrogens is 226 g/mol. The van der Waals surface area contributed by atoms with E-state index in [1.165, 1.54) is 5.56 Å². The molecule has 1 saturated heterocycles. The van der Waals surface area contributed by atoms with E-state index in [2.05, 4.69) is 4.90 Å². The lowest BCUT2D eigenvalue weighted by molar-refractivity contribution is 0.0339. The zero-order valence-electron chi connectivity index (χ0n) is 9.41. The summed E-state index contributed by atoms with van der Waals surface area (Å²) in [5.41, 5.74) is 1.17. The molecule has 1 aliphatic rings. The van der Waals surface area contributed by atoms with Gasteiger partial charge in [-0.25, -0.2) is 0 Å². The standard InChI is InChI=1S/C12H16ClNO2/c1-15-12-8-11(13)3-2-10(12)9-14-4-6-16-7-5-14/h2-3,8H,4-7,9H2,1H3. The average molecular weight is 242 g/mol. The SMILES string of the molecule is COc1cc(Cl)ccc1CN1CCOCC1. The number of halogens is 1. The molecule has 2 rings (SSSR count). The molecular formula is C12H16ClNO2. The molecule has 16 heavy (non-hydrogen) atoms. The number of rotatable bonds is 3. The second-order valence-electron chi connectivity index (χ2n) is 3.84. The first-order chi connectivity index (χ1) is 7.79. The quantitative estimate of drug-likeness (QED) is 0.810. The number of ether oxygens (including phenoxy) is 2. The largest absolute Gasteiger partial charge is 0.496 e. The Balaban J connectivity index is 2.07. The van der Waals surface area contributed by atoms with Crippen LogP contribution in [0.1, 0.15) is 5.56 Å². The fraction of sp³-hybridized carbons (Fsp3) is 0.500. The van der Waals surface area contributed by atoms with Gasteiger partial charge >= 0.3 is 0 Å². The molecule has 3 nitrogen and oxygen atoms in total. The van der Waals surface area contributed by atoms with Crippen molar-refractivity contribution in [1.29, 1.82) is 0 Å². The van der Waals surface area contributed by atoms with Gasteiger partial charge in [0.05, 0.1) is 20.3 Å². The zero-order chi connectivity index (χ0) is 11.4. The maximum atomic E-state index is 5.92. The molecule has 1 aromatic carbocycles. The first kappa shape index (κ1) is 11.7. The second kappa shape index (κ2) is 5.53. The number of hydrogen-bond acceptors (Lipinski definition) is 3. The number of nitrogens with zero attached hydrogens (tertiary/aromatic N) is 1. The van der Waals surface area contributed by atoms with Gasteiger partial charge in [-0.05, 0) is 12.1 Å². The highest BCUT2D eigenvalue weighted by molar-refractivity contribution is 6.30. The summed E-state index contributed by atoms with van der Waals surface area (Å²) in [6.07, 6.45) is 0. The molecule has 0 atom stereocenters. The van der Waals surface area contributed by atoms with Crippen LogP contribution in [0.3, 0.4) is 0 Å². The van der Waals surface area contributed by atoms with Gasteiger partial charge in [0.1, 0.15) is 5.75 Å². The highest BCUT2D eigenvalue weighted by Crippen LogP contribution is 2.24. The second-order valence-corrected chi connectivity index (χ2v) is 4.28. The molecule has 0 N–H and O–H groups in total. The van der Waals surface area contributed by atoms with Crippen LogP contribution >= 0.6 is 11.6 Å². The highest BCUT2D eigenvalue weighted by Gasteiger charge is 2.13. The fourth-order valence-corrected chi connectivity index (χ4v) is 2.01. The summed E-state index contributed by atoms with van der Waals surface area (Å²) in [5.74, 6) is 0.860. The van der Waals surface area contributed by atoms with Crippen molar-refractivity contribution in [3.8, 4) is 5.75 Å². The van der Waals surface area contributed by atoms with Crippen molar-refractivity contribution >= 4 is 11.6 Å². The number of hydrogen-bond donors (Lipinski definition) is 0. The van der Waals surface area contributed by atoms with Crippen LogP contribution in [0.4, 0.5) is 0 Å². The normalized spacial score (nSPS) is 17.4. The van der Waals surface area contributed by atoms with E-state index < -0.39 is 0 Å². The number of benzene rings is 1. The Morgan fingerprint density at radius 2 is 2.12 bits per heavy atom. The van der Waals surface area contributed by atoms with Crippen LogP contribution in [0.2, 0.25) is 5.02 Å². The first-order valence-corrected chi connectivity index (χ1v) is 5.80. The van der Waals surface area contributed by atoms with Crippen LogP contribution in [0.25, 0.3) is 0 Å². The summed E-state index contributed by atoms with van der Waals surface area (Å²) in [4.78, 5) is 2.36. The Hall–Kier alpha value is -0.770. The van der Waals surface area contributed by atoms with Crippen molar-refractivity contribution < 1.29 is 9.47 Å². The third-order valence-corrected chi connectivity index (χ3v) is 2.98. The van der Waals surface area contributed by atoms with E-state index in [0.29, 0.717) is 5.02 Å². The third kappa shape index (κ3) is 2.88. The van der Waals surface area contributed by atoms with Crippen LogP contribution in [0, 0.1) is 0 Å². The zero-order valence-corrected chi connectivity index (χ0v) is 10.2. The van der Waals surface area contributed by atoms with Gasteiger partial charge in [0, 0.05) is 30.2 Å². The monoisotopic (exact) mass is 241 g/mol. The molecule has 4 heteroatoms. The highest BCUT2D eigenvalue weighted by atomic mass is 35.5. The van der Waals surface area contributed by atoms with E-state index in [1.54, 1.807) is 7.11 Å². The van der Waals surface area contributed by atoms with Crippen LogP contribution in [0.5, 0.6) is 5.75 Å². The van der Waals surface area contributed by atoms with Crippen LogP contribution in [0.15, 0.2) is 18.2 Å². The minimum Gasteiger partial charge on any atom is -0.496 e. The van der Waals surface area contributed by atoms with Crippen LogP contribution in [-0.2, 0) is 11.3 Å². The molecule has 0 amide bonds. The van der Waals surface area contributed by atoms with E-state index in [0.717, 1.165) is 38.6 Å². The van der Waals surface area contributed by atoms with Gasteiger partial charge in [-0.15, -0.1) is 0 Å². The van der Waals surface area contributed by atoms with Crippen molar-refractivity contribution in [3.63, 3.8) is 0 Å². The topological polar surface area (TPSA) is 21.7 Å². The predicted molar refractivity (Wildman–Crippen MR) is 64.1 cm³/mol. The van der Waals surface area contributed by atoms with Gasteiger partial charge in [-0.2, -0.15) is 0 Å². The molecule has 1 fully saturated rings. The van der Waals surface area contributed by atoms with Crippen molar-refractivity contribution in [1.82, 2.24) is 4.90 Å². The van der Waals surface area contributed by atoms with Crippen molar-refractivity contribution in [2.24, 2.45) is 0 Å². The lowest BCUT2D eigenvalue weighted by Gasteiger charge is -2.27. The molecule has 0 bridgehead atoms. The van der Waals surface area contributed by atoms with E-state index in [4.69, 9.17) is 21.1 Å². The summed E-state index contributed by atoms with van der Waals surface area (Å²) in [6, 6.07) is 5.79. The molecule has 88 valence electrons. The Morgan fingerprint density at radius 3 is 2.81 bits per heavy atom. The molecule has 0 spiro atoms. The molecule has 0 aliphatic carbocycles. The Kier molecular flexibility index (Phi) is 4.04. The Labute approximate surface area is 101 Å². The maximum absolute atomic E-state index is 5.92. The maximum Gasteiger partial charge on any atom is 0.124 e. The van der Waals surface area contributed by atoms with Gasteiger partial charge in [0.15, 0.2) is 0 Å². The molecule has 1 aliphatic heterocycles. The van der Waals surface area contributed by atoms with Crippen LogP contribution < -0.4 is 4.74 Å². The minimum atomic E-state index is 0.711. The van der Waals surface area contributed by atoms with Gasteiger partial charge in [-0.3, -0.25) is 4.90 Å². The van der Waals surface area contributed by atoms with Crippen molar-refractivity contribution in [2.75, 3.05) is 33.4 Å². The molecule has 0 aromatic heterocycles. The number of methoxy groups -OCH3 is 1. The minimum absolute atomic E-state index is 0.711. The lowest BCUT2D eigenvalue weighted by atomic mass is 10.2. The van der Waals surface area contributed by atoms with Crippen LogP contribution in [-0.4, -0.2) is 38.3 Å². The fourth-order valence-electron chi connectivity index (χ4n) is 1.85. The molecule has 0 saturated carbocycles. The smallest absolute Gasteiger partial charge is 0.124 e. The summed E-state index contributed by atoms with van der Waals surface area (Å²) < 4.78 is 10.6. The Bertz CT molecular complexity index is 351. The number of morpholine rings is 1. The van der Waals surface area contributed by atoms with E-state index in [9.17, 15) is 0 Å². The summed E-state index contributed by atoms with van der Waals surface area (Å²) in [6.45, 7) is 4.48. The molecule has 1 heterocycles. The molecule has 1 aromatic rings. The lowest BCUT2D eigenvalue weighted by Crippen LogP contribution is -2.35. The average Bonchev–Trinajstić information content (AvgIpc) is 2.33. The van der Waals surface area contributed by atoms with Crippen molar-refractivity contribution in [2.45, 2.75) is 6.54 Å². The summed E-state index contributed by atoms with van der Waals surface area (Å²) in [5, 5.41) is 0.711. The van der Waals surface area contributed by atoms with Gasteiger partial charge in [0.25, 0.3) is 0 Å². The molecule has 0 unspecified atom stereocenters. The molecule has 0 radical (unpaired) electrons. The van der Waals surface area contributed by atoms with Crippen molar-refractivity contribution in [3.05, 3.63) is 28.8 Å². The first-order valence-electron chi connectivity index (χ1n) is 5.42. The third-order valence-electron chi connectivity index (χ3n) is 2.75. The summed E-state index contributed by atoms with van der Waals surface area (Å²) in [7, 11) is 1.68. The van der Waals surface area contributed by atoms with E-state index >= 15 is 0 Å². The predicted octanol–water partition coefficient (Wildman–Crippen LogP) is 2.18. The summed E-state index contributed by atoms with van der Waals surface area (Å²) >= 11 is 5.92. The van der Waals surface area contributed by atoms with Gasteiger partial charge < -0.3 is 9.47 Å². The Morgan fingerprint density at radius 1 is 1.38 bits per heavy atom. The van der Waals surface area contributed by atoms with Gasteiger partial charge in [-0.1, -0.05) is 17.7 Å². The van der Waals surface area contributed by atoms with E-state index in [1.807, 2.05) is 18.2 Å². The van der Waals surface area contributed by atoms with E-state index in [-0.39, 0.29) is 0 Å².